The smallest absolute Gasteiger partial charge is 0.252 e. The van der Waals surface area contributed by atoms with Gasteiger partial charge in [-0.1, -0.05) is 0 Å². The van der Waals surface area contributed by atoms with Crippen molar-refractivity contribution in [2.45, 2.75) is 44.4 Å². The third kappa shape index (κ3) is 3.54. The molecule has 1 aromatic heterocycles. The van der Waals surface area contributed by atoms with Crippen molar-refractivity contribution in [1.29, 1.82) is 0 Å². The number of alkyl halides is 2. The van der Waals surface area contributed by atoms with Crippen molar-refractivity contribution >= 4 is 11.7 Å². The Hall–Kier alpha value is -1.72. The van der Waals surface area contributed by atoms with Crippen molar-refractivity contribution in [1.82, 2.24) is 4.98 Å². The van der Waals surface area contributed by atoms with Crippen LogP contribution in [0.5, 0.6) is 0 Å². The van der Waals surface area contributed by atoms with E-state index >= 15 is 0 Å². The molecule has 1 saturated carbocycles. The zero-order valence-electron chi connectivity index (χ0n) is 12.5. The molecule has 2 N–H and O–H groups in total. The van der Waals surface area contributed by atoms with Gasteiger partial charge in [-0.15, -0.1) is 0 Å². The summed E-state index contributed by atoms with van der Waals surface area (Å²) in [5.74, 6) is -2.04. The predicted molar refractivity (Wildman–Crippen MR) is 80.2 cm³/mol. The van der Waals surface area contributed by atoms with E-state index in [1.165, 1.54) is 12.8 Å². The molecule has 6 heteroatoms. The van der Waals surface area contributed by atoms with Crippen LogP contribution in [0.15, 0.2) is 12.1 Å². The molecule has 0 atom stereocenters. The highest BCUT2D eigenvalue weighted by molar-refractivity contribution is 5.97. The molecule has 0 bridgehead atoms. The van der Waals surface area contributed by atoms with Gasteiger partial charge in [0.25, 0.3) is 5.91 Å². The van der Waals surface area contributed by atoms with Crippen LogP contribution in [-0.4, -0.2) is 29.9 Å². The number of halogens is 2. The van der Waals surface area contributed by atoms with E-state index in [4.69, 9.17) is 5.73 Å². The summed E-state index contributed by atoms with van der Waals surface area (Å²) in [6.45, 7) is 0.683. The molecule has 0 unspecified atom stereocenters. The van der Waals surface area contributed by atoms with E-state index in [0.717, 1.165) is 12.1 Å². The highest BCUT2D eigenvalue weighted by Gasteiger charge is 2.33. The monoisotopic (exact) mass is 309 g/mol. The lowest BCUT2D eigenvalue weighted by Crippen LogP contribution is -2.29. The lowest BCUT2D eigenvalue weighted by atomic mass is 10.1. The summed E-state index contributed by atoms with van der Waals surface area (Å²) in [5, 5.41) is 0. The summed E-state index contributed by atoms with van der Waals surface area (Å²) in [7, 11) is 0. The van der Waals surface area contributed by atoms with Gasteiger partial charge < -0.3 is 10.6 Å². The van der Waals surface area contributed by atoms with E-state index in [1.807, 2.05) is 6.07 Å². The number of amides is 1. The molecule has 0 radical (unpaired) electrons. The molecule has 1 aliphatic carbocycles. The van der Waals surface area contributed by atoms with Crippen molar-refractivity contribution in [2.75, 3.05) is 18.0 Å². The number of nitrogens with two attached hydrogens (primary N) is 1. The maximum Gasteiger partial charge on any atom is 0.252 e. The van der Waals surface area contributed by atoms with Gasteiger partial charge >= 0.3 is 0 Å². The molecule has 2 heterocycles. The molecular weight excluding hydrogens is 288 g/mol. The average molecular weight is 309 g/mol. The van der Waals surface area contributed by atoms with Crippen molar-refractivity contribution in [3.8, 4) is 0 Å². The molecule has 0 aromatic carbocycles. The van der Waals surface area contributed by atoms with Crippen LogP contribution >= 0.6 is 0 Å². The predicted octanol–water partition coefficient (Wildman–Crippen LogP) is 2.76. The van der Waals surface area contributed by atoms with Crippen LogP contribution in [0.2, 0.25) is 0 Å². The van der Waals surface area contributed by atoms with Crippen molar-refractivity contribution < 1.29 is 13.6 Å². The number of carbonyl (C=O) groups excluding carboxylic acids is 1. The molecule has 2 fully saturated rings. The van der Waals surface area contributed by atoms with E-state index in [0.29, 0.717) is 30.3 Å². The number of pyridine rings is 1. The fourth-order valence-electron chi connectivity index (χ4n) is 2.93. The van der Waals surface area contributed by atoms with Gasteiger partial charge in [0, 0.05) is 31.6 Å². The number of carbonyl (C=O) groups is 1. The Morgan fingerprint density at radius 2 is 2.09 bits per heavy atom. The number of hydrogen-bond donors (Lipinski definition) is 1. The number of nitrogens with zero attached hydrogens (tertiary/aromatic N) is 2. The zero-order valence-corrected chi connectivity index (χ0v) is 12.5. The van der Waals surface area contributed by atoms with E-state index in [2.05, 4.69) is 4.98 Å². The highest BCUT2D eigenvalue weighted by Crippen LogP contribution is 2.34. The molecule has 22 heavy (non-hydrogen) atoms. The minimum absolute atomic E-state index is 0.114. The maximum atomic E-state index is 13.5. The van der Waals surface area contributed by atoms with Crippen molar-refractivity contribution in [2.24, 2.45) is 11.7 Å². The Morgan fingerprint density at radius 3 is 2.77 bits per heavy atom. The standard InChI is InChI=1S/C16H21F2N3O/c17-16(18)6-1-8-21(9-7-16)15-13(14(19)22)5-4-12(20-15)10-11-2-3-11/h4-5,11H,1-3,6-10H2,(H2,19,22). The van der Waals surface area contributed by atoms with Gasteiger partial charge in [-0.3, -0.25) is 4.79 Å². The summed E-state index contributed by atoms with van der Waals surface area (Å²) in [6.07, 6.45) is 3.38. The second-order valence-electron chi connectivity index (χ2n) is 6.38. The summed E-state index contributed by atoms with van der Waals surface area (Å²) in [5.41, 5.74) is 6.66. The second kappa shape index (κ2) is 5.82. The first kappa shape index (κ1) is 15.2. The Kier molecular flexibility index (Phi) is 4.02. The molecule has 120 valence electrons. The molecule has 1 aliphatic heterocycles. The Labute approximate surface area is 128 Å². The van der Waals surface area contributed by atoms with E-state index in [9.17, 15) is 13.6 Å². The van der Waals surface area contributed by atoms with Gasteiger partial charge in [-0.25, -0.2) is 13.8 Å². The third-order valence-electron chi connectivity index (χ3n) is 4.41. The molecule has 1 saturated heterocycles. The van der Waals surface area contributed by atoms with Crippen LogP contribution < -0.4 is 10.6 Å². The van der Waals surface area contributed by atoms with E-state index < -0.39 is 11.8 Å². The maximum absolute atomic E-state index is 13.5. The fourth-order valence-corrected chi connectivity index (χ4v) is 2.93. The third-order valence-corrected chi connectivity index (χ3v) is 4.41. The van der Waals surface area contributed by atoms with Gasteiger partial charge in [0.1, 0.15) is 5.82 Å². The quantitative estimate of drug-likeness (QED) is 0.930. The SMILES string of the molecule is NC(=O)c1ccc(CC2CC2)nc1N1CCCC(F)(F)CC1. The second-order valence-corrected chi connectivity index (χ2v) is 6.38. The van der Waals surface area contributed by atoms with E-state index in [1.54, 1.807) is 11.0 Å². The van der Waals surface area contributed by atoms with Crippen molar-refractivity contribution in [3.63, 3.8) is 0 Å². The molecule has 2 aliphatic rings. The molecule has 1 amide bonds. The average Bonchev–Trinajstić information content (AvgIpc) is 3.26. The summed E-state index contributed by atoms with van der Waals surface area (Å²) in [4.78, 5) is 18.0. The summed E-state index contributed by atoms with van der Waals surface area (Å²) < 4.78 is 27.1. The largest absolute Gasteiger partial charge is 0.365 e. The number of anilines is 1. The fraction of sp³-hybridized carbons (Fsp3) is 0.625. The summed E-state index contributed by atoms with van der Waals surface area (Å²) >= 11 is 0. The molecule has 0 spiro atoms. The van der Waals surface area contributed by atoms with Crippen LogP contribution in [0.25, 0.3) is 0 Å². The van der Waals surface area contributed by atoms with Crippen LogP contribution in [0.3, 0.4) is 0 Å². The first-order chi connectivity index (χ1) is 10.4. The number of rotatable bonds is 4. The van der Waals surface area contributed by atoms with Gasteiger partial charge in [0.2, 0.25) is 5.92 Å². The van der Waals surface area contributed by atoms with Gasteiger partial charge in [0.05, 0.1) is 5.56 Å². The van der Waals surface area contributed by atoms with Crippen LogP contribution in [0.1, 0.15) is 48.2 Å². The number of aromatic nitrogens is 1. The minimum Gasteiger partial charge on any atom is -0.365 e. The van der Waals surface area contributed by atoms with Gasteiger partial charge in [-0.2, -0.15) is 0 Å². The van der Waals surface area contributed by atoms with Crippen molar-refractivity contribution in [3.05, 3.63) is 23.4 Å². The topological polar surface area (TPSA) is 59.2 Å². The molecule has 3 rings (SSSR count). The lowest BCUT2D eigenvalue weighted by molar-refractivity contribution is -0.0102. The van der Waals surface area contributed by atoms with Crippen LogP contribution in [-0.2, 0) is 6.42 Å². The molecular formula is C16H21F2N3O. The van der Waals surface area contributed by atoms with Gasteiger partial charge in [-0.05, 0) is 43.7 Å². The highest BCUT2D eigenvalue weighted by atomic mass is 19.3. The Morgan fingerprint density at radius 1 is 1.32 bits per heavy atom. The lowest BCUT2D eigenvalue weighted by Gasteiger charge is -2.24. The Bertz CT molecular complexity index is 573. The number of primary amides is 1. The van der Waals surface area contributed by atoms with Crippen LogP contribution in [0.4, 0.5) is 14.6 Å². The van der Waals surface area contributed by atoms with Gasteiger partial charge in [0.15, 0.2) is 0 Å². The minimum atomic E-state index is -2.63. The zero-order chi connectivity index (χ0) is 15.7. The Balaban J connectivity index is 1.86. The molecule has 1 aromatic rings. The first-order valence-electron chi connectivity index (χ1n) is 7.87. The molecule has 4 nitrogen and oxygen atoms in total. The first-order valence-corrected chi connectivity index (χ1v) is 7.87. The number of hydrogen-bond acceptors (Lipinski definition) is 3. The van der Waals surface area contributed by atoms with Crippen LogP contribution in [0, 0.1) is 5.92 Å². The van der Waals surface area contributed by atoms with E-state index in [-0.39, 0.29) is 19.4 Å². The summed E-state index contributed by atoms with van der Waals surface area (Å²) in [6, 6.07) is 3.51. The normalized spacial score (nSPS) is 21.5.